The summed E-state index contributed by atoms with van der Waals surface area (Å²) < 4.78 is 22.6. The molecule has 9 heteroatoms. The molecule has 0 radical (unpaired) electrons. The van der Waals surface area contributed by atoms with Gasteiger partial charge in [0, 0.05) is 12.8 Å². The van der Waals surface area contributed by atoms with E-state index < -0.39 is 24.3 Å². The number of unbranched alkanes of at least 4 members (excludes halogenated alkanes) is 26. The van der Waals surface area contributed by atoms with E-state index in [1.165, 1.54) is 141 Å². The van der Waals surface area contributed by atoms with Gasteiger partial charge in [0.25, 0.3) is 0 Å². The molecule has 2 unspecified atom stereocenters. The summed E-state index contributed by atoms with van der Waals surface area (Å²) in [6.07, 6.45) is 59.9. The Morgan fingerprint density at radius 2 is 0.838 bits per heavy atom. The van der Waals surface area contributed by atoms with Crippen LogP contribution in [-0.4, -0.2) is 82.3 Å². The highest BCUT2D eigenvalue weighted by Crippen LogP contribution is 2.16. The van der Waals surface area contributed by atoms with Gasteiger partial charge in [0.05, 0.1) is 40.3 Å². The summed E-state index contributed by atoms with van der Waals surface area (Å²) in [5, 5.41) is 11.7. The van der Waals surface area contributed by atoms with Gasteiger partial charge >= 0.3 is 11.9 Å². The van der Waals surface area contributed by atoms with E-state index in [1.54, 1.807) is 0 Å². The summed E-state index contributed by atoms with van der Waals surface area (Å²) in [5.74, 6) is -2.28. The molecule has 0 aromatic carbocycles. The van der Waals surface area contributed by atoms with Crippen molar-refractivity contribution in [1.82, 2.24) is 0 Å². The lowest BCUT2D eigenvalue weighted by Gasteiger charge is -2.26. The zero-order valence-electron chi connectivity index (χ0n) is 44.7. The zero-order chi connectivity index (χ0) is 49.9. The molecule has 0 N–H and O–H groups in total. The summed E-state index contributed by atoms with van der Waals surface area (Å²) >= 11 is 0. The monoisotopic (exact) mass is 956 g/mol. The molecule has 394 valence electrons. The largest absolute Gasteiger partial charge is 0.545 e. The van der Waals surface area contributed by atoms with Crippen LogP contribution in [0.4, 0.5) is 0 Å². The first-order valence-electron chi connectivity index (χ1n) is 27.9. The van der Waals surface area contributed by atoms with Crippen LogP contribution in [0.25, 0.3) is 0 Å². The molecule has 0 aromatic heterocycles. The quantitative estimate of drug-likeness (QED) is 0.0195. The average Bonchev–Trinajstić information content (AvgIpc) is 3.30. The highest BCUT2D eigenvalue weighted by Gasteiger charge is 2.22. The molecule has 0 aliphatic carbocycles. The number of hydrogen-bond donors (Lipinski definition) is 0. The highest BCUT2D eigenvalue weighted by molar-refractivity contribution is 5.70. The van der Waals surface area contributed by atoms with Crippen molar-refractivity contribution in [3.05, 3.63) is 60.8 Å². The third-order valence-electron chi connectivity index (χ3n) is 12.0. The molecule has 0 aliphatic heterocycles. The van der Waals surface area contributed by atoms with Crippen molar-refractivity contribution in [3.63, 3.8) is 0 Å². The second-order valence-corrected chi connectivity index (χ2v) is 19.9. The Kier molecular flexibility index (Phi) is 48.2. The molecule has 0 spiro atoms. The van der Waals surface area contributed by atoms with Crippen molar-refractivity contribution >= 4 is 17.9 Å². The van der Waals surface area contributed by atoms with Crippen molar-refractivity contribution < 1.29 is 42.9 Å². The van der Waals surface area contributed by atoms with Crippen molar-refractivity contribution in [3.8, 4) is 0 Å². The van der Waals surface area contributed by atoms with Crippen LogP contribution in [0.5, 0.6) is 0 Å². The maximum atomic E-state index is 12.8. The molecular formula is C59H105NO8. The number of carbonyl (C=O) groups excluding carboxylic acids is 3. The lowest BCUT2D eigenvalue weighted by Crippen LogP contribution is -2.44. The fraction of sp³-hybridized carbons (Fsp3) is 0.780. The second kappa shape index (κ2) is 50.4. The fourth-order valence-corrected chi connectivity index (χ4v) is 7.74. The number of carbonyl (C=O) groups is 3. The number of likely N-dealkylation sites (N-methyl/N-ethyl adjacent to an activating group) is 1. The maximum absolute atomic E-state index is 12.8. The van der Waals surface area contributed by atoms with E-state index >= 15 is 0 Å². The third kappa shape index (κ3) is 50.9. The Bertz CT molecular complexity index is 1300. The van der Waals surface area contributed by atoms with Gasteiger partial charge in [-0.25, -0.2) is 0 Å². The van der Waals surface area contributed by atoms with Gasteiger partial charge in [-0.1, -0.05) is 229 Å². The molecule has 0 bridgehead atoms. The number of quaternary nitrogens is 1. The van der Waals surface area contributed by atoms with Gasteiger partial charge in [0.15, 0.2) is 12.4 Å². The number of nitrogens with zero attached hydrogens (tertiary/aromatic N) is 1. The van der Waals surface area contributed by atoms with Crippen molar-refractivity contribution in [1.29, 1.82) is 0 Å². The number of carboxylic acids is 1. The van der Waals surface area contributed by atoms with E-state index in [2.05, 4.69) is 74.6 Å². The molecule has 0 fully saturated rings. The molecule has 0 heterocycles. The first-order valence-corrected chi connectivity index (χ1v) is 27.9. The summed E-state index contributed by atoms with van der Waals surface area (Å²) in [6, 6.07) is 0. The van der Waals surface area contributed by atoms with E-state index in [-0.39, 0.29) is 32.2 Å². The molecule has 2 atom stereocenters. The van der Waals surface area contributed by atoms with Crippen molar-refractivity contribution in [2.24, 2.45) is 0 Å². The van der Waals surface area contributed by atoms with Crippen LogP contribution in [0.3, 0.4) is 0 Å². The van der Waals surface area contributed by atoms with Crippen molar-refractivity contribution in [2.75, 3.05) is 47.5 Å². The van der Waals surface area contributed by atoms with Gasteiger partial charge in [-0.2, -0.15) is 0 Å². The maximum Gasteiger partial charge on any atom is 0.306 e. The van der Waals surface area contributed by atoms with Gasteiger partial charge in [-0.15, -0.1) is 0 Å². The number of ether oxygens (including phenoxy) is 4. The molecule has 0 aliphatic rings. The Labute approximate surface area is 418 Å². The summed E-state index contributed by atoms with van der Waals surface area (Å²) in [6.45, 7) is 4.64. The molecule has 0 rings (SSSR count). The van der Waals surface area contributed by atoms with Crippen LogP contribution in [0, 0.1) is 0 Å². The highest BCUT2D eigenvalue weighted by atomic mass is 16.7. The Morgan fingerprint density at radius 1 is 0.456 bits per heavy atom. The number of esters is 2. The van der Waals surface area contributed by atoms with Gasteiger partial charge in [0.2, 0.25) is 0 Å². The number of hydrogen-bond acceptors (Lipinski definition) is 8. The Morgan fingerprint density at radius 3 is 1.25 bits per heavy atom. The molecular weight excluding hydrogens is 851 g/mol. The normalized spacial score (nSPS) is 13.2. The minimum atomic E-state index is -1.62. The summed E-state index contributed by atoms with van der Waals surface area (Å²) in [7, 11) is 5.92. The lowest BCUT2D eigenvalue weighted by atomic mass is 10.0. The predicted octanol–water partition coefficient (Wildman–Crippen LogP) is 14.7. The second-order valence-electron chi connectivity index (χ2n) is 19.9. The van der Waals surface area contributed by atoms with E-state index in [1.807, 2.05) is 21.1 Å². The van der Waals surface area contributed by atoms with Gasteiger partial charge < -0.3 is 33.3 Å². The van der Waals surface area contributed by atoms with Gasteiger partial charge in [0.1, 0.15) is 13.2 Å². The Balaban J connectivity index is 4.13. The average molecular weight is 956 g/mol. The predicted molar refractivity (Wildman–Crippen MR) is 283 cm³/mol. The molecule has 0 saturated heterocycles. The smallest absolute Gasteiger partial charge is 0.306 e. The van der Waals surface area contributed by atoms with Crippen LogP contribution in [0.1, 0.15) is 239 Å². The first-order chi connectivity index (χ1) is 33.1. The molecule has 0 saturated carbocycles. The molecule has 9 nitrogen and oxygen atoms in total. The SMILES string of the molecule is CC/C=C\C/C=C\C/C=C\C/C=C\C/C=C\CCCCCCCCCCCCCCCCCC(=O)OC(COC(=O)CCCCCCCCCCCCCC)COC(OCC[N+](C)(C)C)C(=O)[O-]. The summed E-state index contributed by atoms with van der Waals surface area (Å²) in [4.78, 5) is 37.1. The first kappa shape index (κ1) is 65.0. The van der Waals surface area contributed by atoms with Crippen molar-refractivity contribution in [2.45, 2.75) is 251 Å². The van der Waals surface area contributed by atoms with Crippen LogP contribution in [0.2, 0.25) is 0 Å². The van der Waals surface area contributed by atoms with E-state index in [0.29, 0.717) is 23.9 Å². The Hall–Kier alpha value is -3.01. The number of carboxylic acid groups (broad SMARTS) is 1. The lowest BCUT2D eigenvalue weighted by molar-refractivity contribution is -0.870. The van der Waals surface area contributed by atoms with Crippen LogP contribution < -0.4 is 5.11 Å². The topological polar surface area (TPSA) is 111 Å². The molecule has 68 heavy (non-hydrogen) atoms. The van der Waals surface area contributed by atoms with Gasteiger partial charge in [-0.05, 0) is 57.8 Å². The fourth-order valence-electron chi connectivity index (χ4n) is 7.74. The van der Waals surface area contributed by atoms with E-state index in [4.69, 9.17) is 18.9 Å². The van der Waals surface area contributed by atoms with Crippen LogP contribution in [-0.2, 0) is 33.3 Å². The van der Waals surface area contributed by atoms with Crippen LogP contribution >= 0.6 is 0 Å². The zero-order valence-corrected chi connectivity index (χ0v) is 44.7. The van der Waals surface area contributed by atoms with E-state index in [9.17, 15) is 19.5 Å². The third-order valence-corrected chi connectivity index (χ3v) is 12.0. The van der Waals surface area contributed by atoms with Gasteiger partial charge in [-0.3, -0.25) is 9.59 Å². The molecule has 0 aromatic rings. The summed E-state index contributed by atoms with van der Waals surface area (Å²) in [5.41, 5.74) is 0. The minimum absolute atomic E-state index is 0.148. The number of allylic oxidation sites excluding steroid dienone is 10. The molecule has 0 amide bonds. The number of aliphatic carboxylic acids is 1. The minimum Gasteiger partial charge on any atom is -0.545 e. The standard InChI is InChI=1S/C59H105NO8/c1-6-8-10-12-14-16-18-20-21-22-23-24-25-26-27-28-29-30-31-32-33-34-35-36-37-38-40-42-44-46-48-50-57(62)68-55(54-67-59(58(63)64)65-52-51-60(3,4)5)53-66-56(61)49-47-45-43-41-39-19-17-15-13-11-9-7-2/h8,10,14,16,20-21,23-24,26-27,55,59H,6-7,9,11-13,15,17-19,22,25,28-54H2,1-5H3/b10-8-,16-14-,21-20-,24-23-,27-26-. The van der Waals surface area contributed by atoms with E-state index in [0.717, 1.165) is 64.2 Å². The number of rotatable bonds is 51. The van der Waals surface area contributed by atoms with Crippen LogP contribution in [0.15, 0.2) is 60.8 Å².